The maximum atomic E-state index is 12.8. The summed E-state index contributed by atoms with van der Waals surface area (Å²) in [5.74, 6) is 0.793. The summed E-state index contributed by atoms with van der Waals surface area (Å²) in [6.45, 7) is 12.8. The Morgan fingerprint density at radius 3 is 2.12 bits per heavy atom. The largest absolute Gasteiger partial charge is 0.444 e. The van der Waals surface area contributed by atoms with Gasteiger partial charge < -0.3 is 14.5 Å². The summed E-state index contributed by atoms with van der Waals surface area (Å²) < 4.78 is 11.3. The van der Waals surface area contributed by atoms with Crippen molar-refractivity contribution < 1.29 is 19.1 Å². The molecule has 6 rings (SSSR count). The number of H-pyrrole nitrogens is 1. The first-order chi connectivity index (χ1) is 22.3. The highest BCUT2D eigenvalue weighted by atomic mass is 32.1. The molecular weight excluding hydrogens is 655 g/mol. The topological polar surface area (TPSA) is 100 Å². The molecule has 2 aromatic carbocycles. The van der Waals surface area contributed by atoms with Crippen molar-refractivity contribution >= 4 is 56.7 Å². The van der Waals surface area contributed by atoms with Crippen LogP contribution in [-0.2, 0) is 22.3 Å². The highest BCUT2D eigenvalue weighted by molar-refractivity contribution is 7.59. The van der Waals surface area contributed by atoms with Crippen LogP contribution >= 0.6 is 27.0 Å². The number of ether oxygens (including phenoxy) is 2. The van der Waals surface area contributed by atoms with E-state index < -0.39 is 11.2 Å². The zero-order valence-corrected chi connectivity index (χ0v) is 31.5. The van der Waals surface area contributed by atoms with Gasteiger partial charge in [0.15, 0.2) is 0 Å². The first-order valence-electron chi connectivity index (χ1n) is 16.8. The molecule has 0 spiro atoms. The number of nitrogens with zero attached hydrogens (tertiary/aromatic N) is 4. The van der Waals surface area contributed by atoms with Crippen molar-refractivity contribution in [3.8, 4) is 11.3 Å². The summed E-state index contributed by atoms with van der Waals surface area (Å²) in [6, 6.07) is 14.8. The Bertz CT molecular complexity index is 1690. The average Bonchev–Trinajstić information content (AvgIpc) is 3.81. The van der Waals surface area contributed by atoms with Gasteiger partial charge in [-0.25, -0.2) is 14.6 Å². The highest BCUT2D eigenvalue weighted by Gasteiger charge is 2.37. The predicted molar refractivity (Wildman–Crippen MR) is 206 cm³/mol. The normalized spacial score (nSPS) is 18.9. The number of aromatic amines is 1. The van der Waals surface area contributed by atoms with Crippen molar-refractivity contribution in [2.45, 2.75) is 103 Å². The second kappa shape index (κ2) is 15.5. The van der Waals surface area contributed by atoms with Gasteiger partial charge in [0.2, 0.25) is 0 Å². The molecule has 3 aliphatic rings. The van der Waals surface area contributed by atoms with E-state index >= 15 is 0 Å². The Morgan fingerprint density at radius 1 is 0.878 bits per heavy atom. The van der Waals surface area contributed by atoms with E-state index in [1.807, 2.05) is 52.6 Å². The number of carbonyl (C=O) groups excluding carboxylic acids is 2. The van der Waals surface area contributed by atoms with E-state index in [9.17, 15) is 9.59 Å². The van der Waals surface area contributed by atoms with Gasteiger partial charge in [-0.05, 0) is 102 Å². The molecule has 0 aliphatic carbocycles. The van der Waals surface area contributed by atoms with Crippen LogP contribution < -0.4 is 0 Å². The molecule has 3 aliphatic heterocycles. The summed E-state index contributed by atoms with van der Waals surface area (Å²) in [4.78, 5) is 42.3. The molecule has 9 nitrogen and oxygen atoms in total. The van der Waals surface area contributed by atoms with E-state index in [0.29, 0.717) is 13.1 Å². The quantitative estimate of drug-likeness (QED) is 0.277. The maximum absolute atomic E-state index is 12.8. The number of allylic oxidation sites excluding steroid dienone is 1. The Kier molecular flexibility index (Phi) is 12.0. The molecule has 3 aromatic rings. The van der Waals surface area contributed by atoms with Crippen LogP contribution in [0.4, 0.5) is 15.3 Å². The van der Waals surface area contributed by atoms with Crippen LogP contribution in [-0.4, -0.2) is 68.0 Å². The fraction of sp³-hybridized carbons (Fsp3) is 0.474. The van der Waals surface area contributed by atoms with Gasteiger partial charge in [-0.2, -0.15) is 27.0 Å². The molecule has 2 saturated heterocycles. The maximum Gasteiger partial charge on any atom is 0.410 e. The molecule has 2 amide bonds. The summed E-state index contributed by atoms with van der Waals surface area (Å²) in [6.07, 6.45) is 10.9. The zero-order chi connectivity index (χ0) is 33.3. The van der Waals surface area contributed by atoms with Gasteiger partial charge in [0.25, 0.3) is 0 Å². The zero-order valence-electron chi connectivity index (χ0n) is 29.5. The number of benzene rings is 2. The van der Waals surface area contributed by atoms with Crippen LogP contribution in [0, 0.1) is 0 Å². The van der Waals surface area contributed by atoms with Crippen molar-refractivity contribution in [2.75, 3.05) is 13.1 Å². The fourth-order valence-electron chi connectivity index (χ4n) is 6.57. The van der Waals surface area contributed by atoms with Gasteiger partial charge in [0.1, 0.15) is 17.0 Å². The van der Waals surface area contributed by atoms with Crippen LogP contribution in [0.25, 0.3) is 17.3 Å². The third kappa shape index (κ3) is 9.30. The number of aromatic nitrogens is 2. The molecule has 1 aromatic heterocycles. The smallest absolute Gasteiger partial charge is 0.410 e. The molecule has 0 saturated carbocycles. The highest BCUT2D eigenvalue weighted by Crippen LogP contribution is 2.34. The second-order valence-corrected chi connectivity index (χ2v) is 14.8. The number of hydrogen-bond donors (Lipinski definition) is 1. The molecule has 0 unspecified atom stereocenters. The fourth-order valence-corrected chi connectivity index (χ4v) is 6.57. The van der Waals surface area contributed by atoms with E-state index in [0.717, 1.165) is 72.6 Å². The third-order valence-corrected chi connectivity index (χ3v) is 8.73. The Morgan fingerprint density at radius 2 is 1.49 bits per heavy atom. The molecule has 4 heterocycles. The summed E-state index contributed by atoms with van der Waals surface area (Å²) in [5.41, 5.74) is 6.53. The van der Waals surface area contributed by atoms with Crippen LogP contribution in [0.5, 0.6) is 0 Å². The summed E-state index contributed by atoms with van der Waals surface area (Å²) in [5, 5.41) is 0. The monoisotopic (exact) mass is 705 g/mol. The van der Waals surface area contributed by atoms with Crippen LogP contribution in [0.2, 0.25) is 0 Å². The van der Waals surface area contributed by atoms with Crippen LogP contribution in [0.3, 0.4) is 0 Å². The lowest BCUT2D eigenvalue weighted by atomic mass is 10.0. The molecule has 0 radical (unpaired) electrons. The molecule has 2 atom stereocenters. The van der Waals surface area contributed by atoms with Gasteiger partial charge >= 0.3 is 12.2 Å². The molecule has 0 bridgehead atoms. The number of amides is 2. The standard InChI is InChI=1S/C38H47N5O4.2H2S/c1-37(2,3)46-35(44)42-20-8-12-32(42)30-23-28-19-16-26(22-29(28)40-30)11-7-10-25-14-17-27(18-15-25)31-24-39-34(41-31)33-13-9-21-43(33)36(45)47-38(4,5)6;;/h7,10,14-19,22,24,32-33H,8-9,11-13,20-21,23H2,1-6H3,(H,39,41);2*1H2/t32-,33-;;/m0../s1. The first-order valence-corrected chi connectivity index (χ1v) is 16.8. The van der Waals surface area contributed by atoms with Gasteiger partial charge in [0, 0.05) is 25.2 Å². The summed E-state index contributed by atoms with van der Waals surface area (Å²) in [7, 11) is 0. The van der Waals surface area contributed by atoms with Crippen molar-refractivity contribution in [1.82, 2.24) is 19.8 Å². The van der Waals surface area contributed by atoms with E-state index in [-0.39, 0.29) is 51.3 Å². The number of fused-ring (bicyclic) bond motifs is 1. The molecule has 1 N–H and O–H groups in total. The second-order valence-electron chi connectivity index (χ2n) is 14.8. The Balaban J connectivity index is 0.00000270. The van der Waals surface area contributed by atoms with Crippen LogP contribution in [0.1, 0.15) is 95.8 Å². The van der Waals surface area contributed by atoms with Gasteiger partial charge in [-0.3, -0.25) is 14.8 Å². The average molecular weight is 706 g/mol. The number of nitrogens with one attached hydrogen (secondary N) is 1. The van der Waals surface area contributed by atoms with Gasteiger partial charge in [-0.1, -0.05) is 48.6 Å². The minimum atomic E-state index is -0.530. The number of carbonyl (C=O) groups is 2. The number of imidazole rings is 1. The SMILES string of the molecule is CC(C)(C)OC(=O)N1CCC[C@H]1C1=Nc2cc(CC=Cc3ccc(-c4cnc([C@@H]5CCCN5C(=O)OC(C)(C)C)[nH]4)cc3)ccc2C1.S.S. The van der Waals surface area contributed by atoms with E-state index in [1.54, 1.807) is 4.90 Å². The lowest BCUT2D eigenvalue weighted by molar-refractivity contribution is 0.0216. The van der Waals surface area contributed by atoms with Crippen molar-refractivity contribution in [1.29, 1.82) is 0 Å². The van der Waals surface area contributed by atoms with Gasteiger partial charge in [0.05, 0.1) is 29.7 Å². The van der Waals surface area contributed by atoms with Crippen LogP contribution in [0.15, 0.2) is 59.7 Å². The van der Waals surface area contributed by atoms with E-state index in [4.69, 9.17) is 14.5 Å². The Hall–Kier alpha value is -3.70. The minimum Gasteiger partial charge on any atom is -0.444 e. The molecule has 49 heavy (non-hydrogen) atoms. The number of likely N-dealkylation sites (tertiary alicyclic amines) is 2. The summed E-state index contributed by atoms with van der Waals surface area (Å²) >= 11 is 0. The lowest BCUT2D eigenvalue weighted by Crippen LogP contribution is -2.43. The predicted octanol–water partition coefficient (Wildman–Crippen LogP) is 8.66. The minimum absolute atomic E-state index is 0. The number of rotatable bonds is 6. The van der Waals surface area contributed by atoms with Crippen molar-refractivity contribution in [3.05, 3.63) is 77.3 Å². The number of aliphatic imine (C=N–C) groups is 1. The molecular formula is C38H51N5O4S2. The van der Waals surface area contributed by atoms with Crippen molar-refractivity contribution in [2.24, 2.45) is 4.99 Å². The van der Waals surface area contributed by atoms with Gasteiger partial charge in [-0.15, -0.1) is 0 Å². The van der Waals surface area contributed by atoms with E-state index in [2.05, 4.69) is 64.6 Å². The Labute approximate surface area is 304 Å². The lowest BCUT2D eigenvalue weighted by Gasteiger charge is -2.28. The number of hydrogen-bond acceptors (Lipinski definition) is 6. The molecule has 2 fully saturated rings. The van der Waals surface area contributed by atoms with E-state index in [1.165, 1.54) is 11.1 Å². The first kappa shape index (κ1) is 38.1. The van der Waals surface area contributed by atoms with Crippen molar-refractivity contribution in [3.63, 3.8) is 0 Å². The third-order valence-electron chi connectivity index (χ3n) is 8.73. The molecule has 264 valence electrons. The molecule has 11 heteroatoms.